The highest BCUT2D eigenvalue weighted by Gasteiger charge is 2.33. The van der Waals surface area contributed by atoms with E-state index in [0.29, 0.717) is 24.4 Å². The van der Waals surface area contributed by atoms with Crippen molar-refractivity contribution in [3.63, 3.8) is 0 Å². The highest BCUT2D eigenvalue weighted by atomic mass is 16.5. The van der Waals surface area contributed by atoms with Crippen molar-refractivity contribution in [2.24, 2.45) is 0 Å². The minimum atomic E-state index is -0.0305. The molecule has 0 aromatic heterocycles. The minimum Gasteiger partial charge on any atom is -0.497 e. The standard InChI is InChI=1S/C18H19NO4/c1-21-13-7-9-14(10-8-13)23-15-11-19(12-15)18(20)16-5-3-4-6-17(16)22-2/h3-10,15H,11-12H2,1-2H3. The molecule has 120 valence electrons. The zero-order valence-corrected chi connectivity index (χ0v) is 13.2. The summed E-state index contributed by atoms with van der Waals surface area (Å²) in [5.74, 6) is 2.13. The molecule has 1 fully saturated rings. The molecule has 5 heteroatoms. The van der Waals surface area contributed by atoms with Crippen LogP contribution < -0.4 is 14.2 Å². The number of carbonyl (C=O) groups is 1. The number of methoxy groups -OCH3 is 2. The van der Waals surface area contributed by atoms with Crippen LogP contribution in [0.4, 0.5) is 0 Å². The number of benzene rings is 2. The fourth-order valence-corrected chi connectivity index (χ4v) is 2.52. The second kappa shape index (κ2) is 6.60. The molecule has 0 atom stereocenters. The quantitative estimate of drug-likeness (QED) is 0.851. The van der Waals surface area contributed by atoms with Gasteiger partial charge in [-0.1, -0.05) is 12.1 Å². The number of rotatable bonds is 5. The van der Waals surface area contributed by atoms with E-state index in [-0.39, 0.29) is 12.0 Å². The lowest BCUT2D eigenvalue weighted by Crippen LogP contribution is -2.56. The summed E-state index contributed by atoms with van der Waals surface area (Å²) in [5.41, 5.74) is 0.581. The zero-order chi connectivity index (χ0) is 16.2. The Morgan fingerprint density at radius 1 is 0.957 bits per heavy atom. The van der Waals surface area contributed by atoms with Gasteiger partial charge in [-0.15, -0.1) is 0 Å². The molecule has 0 saturated carbocycles. The smallest absolute Gasteiger partial charge is 0.257 e. The van der Waals surface area contributed by atoms with Crippen LogP contribution in [0.2, 0.25) is 0 Å². The van der Waals surface area contributed by atoms with Crippen molar-refractivity contribution in [1.29, 1.82) is 0 Å². The Balaban J connectivity index is 1.57. The van der Waals surface area contributed by atoms with Gasteiger partial charge in [0.2, 0.25) is 0 Å². The van der Waals surface area contributed by atoms with Crippen LogP contribution in [0.15, 0.2) is 48.5 Å². The zero-order valence-electron chi connectivity index (χ0n) is 13.2. The number of carbonyl (C=O) groups excluding carboxylic acids is 1. The first-order chi connectivity index (χ1) is 11.2. The van der Waals surface area contributed by atoms with Gasteiger partial charge in [-0.05, 0) is 36.4 Å². The van der Waals surface area contributed by atoms with E-state index in [9.17, 15) is 4.79 Å². The molecule has 0 radical (unpaired) electrons. The number of hydrogen-bond donors (Lipinski definition) is 0. The fraction of sp³-hybridized carbons (Fsp3) is 0.278. The van der Waals surface area contributed by atoms with Crippen LogP contribution in [0.1, 0.15) is 10.4 Å². The number of likely N-dealkylation sites (tertiary alicyclic amines) is 1. The molecule has 1 saturated heterocycles. The Bertz CT molecular complexity index is 678. The first-order valence-corrected chi connectivity index (χ1v) is 7.44. The molecular formula is C18H19NO4. The molecule has 0 unspecified atom stereocenters. The Morgan fingerprint density at radius 3 is 2.26 bits per heavy atom. The highest BCUT2D eigenvalue weighted by molar-refractivity contribution is 5.97. The third-order valence-corrected chi connectivity index (χ3v) is 3.83. The van der Waals surface area contributed by atoms with Crippen LogP contribution in [0.25, 0.3) is 0 Å². The predicted octanol–water partition coefficient (Wildman–Crippen LogP) is 2.61. The molecule has 0 N–H and O–H groups in total. The van der Waals surface area contributed by atoms with Gasteiger partial charge in [0.25, 0.3) is 5.91 Å². The van der Waals surface area contributed by atoms with Gasteiger partial charge in [0.05, 0.1) is 32.9 Å². The van der Waals surface area contributed by atoms with E-state index in [1.165, 1.54) is 0 Å². The maximum absolute atomic E-state index is 12.5. The second-order valence-corrected chi connectivity index (χ2v) is 5.33. The van der Waals surface area contributed by atoms with Gasteiger partial charge in [0.15, 0.2) is 0 Å². The van der Waals surface area contributed by atoms with Gasteiger partial charge >= 0.3 is 0 Å². The molecule has 1 amide bonds. The van der Waals surface area contributed by atoms with E-state index in [2.05, 4.69) is 0 Å². The summed E-state index contributed by atoms with van der Waals surface area (Å²) in [6, 6.07) is 14.7. The van der Waals surface area contributed by atoms with Gasteiger partial charge in [0, 0.05) is 0 Å². The second-order valence-electron chi connectivity index (χ2n) is 5.33. The Hall–Kier alpha value is -2.69. The first-order valence-electron chi connectivity index (χ1n) is 7.44. The topological polar surface area (TPSA) is 48.0 Å². The number of nitrogens with zero attached hydrogens (tertiary/aromatic N) is 1. The molecular weight excluding hydrogens is 294 g/mol. The highest BCUT2D eigenvalue weighted by Crippen LogP contribution is 2.25. The van der Waals surface area contributed by atoms with E-state index in [1.807, 2.05) is 36.4 Å². The van der Waals surface area contributed by atoms with E-state index in [0.717, 1.165) is 11.5 Å². The minimum absolute atomic E-state index is 0.0158. The molecule has 2 aromatic carbocycles. The van der Waals surface area contributed by atoms with Crippen molar-refractivity contribution < 1.29 is 19.0 Å². The fourth-order valence-electron chi connectivity index (χ4n) is 2.52. The lowest BCUT2D eigenvalue weighted by molar-refractivity contribution is 0.0175. The van der Waals surface area contributed by atoms with Gasteiger partial charge in [-0.3, -0.25) is 4.79 Å². The van der Waals surface area contributed by atoms with Crippen LogP contribution >= 0.6 is 0 Å². The number of hydrogen-bond acceptors (Lipinski definition) is 4. The van der Waals surface area contributed by atoms with Crippen molar-refractivity contribution >= 4 is 5.91 Å². The molecule has 1 aliphatic rings. The van der Waals surface area contributed by atoms with Crippen molar-refractivity contribution in [2.75, 3.05) is 27.3 Å². The Labute approximate surface area is 135 Å². The first kappa shape index (κ1) is 15.2. The summed E-state index contributed by atoms with van der Waals surface area (Å²) in [6.07, 6.45) is 0.0158. The third-order valence-electron chi connectivity index (χ3n) is 3.83. The average molecular weight is 313 g/mol. The van der Waals surface area contributed by atoms with Crippen molar-refractivity contribution in [3.05, 3.63) is 54.1 Å². The maximum Gasteiger partial charge on any atom is 0.257 e. The van der Waals surface area contributed by atoms with Crippen molar-refractivity contribution in [3.8, 4) is 17.2 Å². The van der Waals surface area contributed by atoms with Gasteiger partial charge in [-0.25, -0.2) is 0 Å². The lowest BCUT2D eigenvalue weighted by atomic mass is 10.1. The number of para-hydroxylation sites is 1. The third kappa shape index (κ3) is 3.23. The molecule has 23 heavy (non-hydrogen) atoms. The van der Waals surface area contributed by atoms with Gasteiger partial charge in [-0.2, -0.15) is 0 Å². The summed E-state index contributed by atoms with van der Waals surface area (Å²) < 4.78 is 16.2. The molecule has 5 nitrogen and oxygen atoms in total. The summed E-state index contributed by atoms with van der Waals surface area (Å²) in [6.45, 7) is 1.14. The number of amides is 1. The summed E-state index contributed by atoms with van der Waals surface area (Å²) in [5, 5.41) is 0. The average Bonchev–Trinajstić information content (AvgIpc) is 2.57. The largest absolute Gasteiger partial charge is 0.497 e. The molecule has 0 spiro atoms. The van der Waals surface area contributed by atoms with Crippen molar-refractivity contribution in [1.82, 2.24) is 4.90 Å². The predicted molar refractivity (Wildman–Crippen MR) is 86.3 cm³/mol. The Morgan fingerprint density at radius 2 is 1.61 bits per heavy atom. The molecule has 1 heterocycles. The molecule has 3 rings (SSSR count). The van der Waals surface area contributed by atoms with E-state index in [4.69, 9.17) is 14.2 Å². The van der Waals surface area contributed by atoms with Crippen molar-refractivity contribution in [2.45, 2.75) is 6.10 Å². The van der Waals surface area contributed by atoms with E-state index < -0.39 is 0 Å². The molecule has 0 aliphatic carbocycles. The van der Waals surface area contributed by atoms with E-state index in [1.54, 1.807) is 31.3 Å². The Kier molecular flexibility index (Phi) is 4.37. The lowest BCUT2D eigenvalue weighted by Gasteiger charge is -2.39. The number of ether oxygens (including phenoxy) is 3. The summed E-state index contributed by atoms with van der Waals surface area (Å²) in [7, 11) is 3.20. The van der Waals surface area contributed by atoms with E-state index >= 15 is 0 Å². The normalized spacial score (nSPS) is 14.1. The van der Waals surface area contributed by atoms with Gasteiger partial charge < -0.3 is 19.1 Å². The van der Waals surface area contributed by atoms with Crippen LogP contribution in [0, 0.1) is 0 Å². The molecule has 2 aromatic rings. The maximum atomic E-state index is 12.5. The van der Waals surface area contributed by atoms with Gasteiger partial charge in [0.1, 0.15) is 23.4 Å². The molecule has 0 bridgehead atoms. The molecule has 1 aliphatic heterocycles. The summed E-state index contributed by atoms with van der Waals surface area (Å²) in [4.78, 5) is 14.2. The monoisotopic (exact) mass is 313 g/mol. The van der Waals surface area contributed by atoms with Crippen LogP contribution in [0.5, 0.6) is 17.2 Å². The van der Waals surface area contributed by atoms with Crippen LogP contribution in [-0.2, 0) is 0 Å². The summed E-state index contributed by atoms with van der Waals surface area (Å²) >= 11 is 0. The SMILES string of the molecule is COc1ccc(OC2CN(C(=O)c3ccccc3OC)C2)cc1. The van der Waals surface area contributed by atoms with Crippen LogP contribution in [0.3, 0.4) is 0 Å². The van der Waals surface area contributed by atoms with Crippen LogP contribution in [-0.4, -0.2) is 44.2 Å².